The molecule has 2 heterocycles. The summed E-state index contributed by atoms with van der Waals surface area (Å²) in [4.78, 5) is 54.2. The summed E-state index contributed by atoms with van der Waals surface area (Å²) in [5, 5.41) is 2.94. The lowest BCUT2D eigenvalue weighted by atomic mass is 10.3. The number of ether oxygens (including phenoxy) is 1. The molecule has 0 spiro atoms. The minimum Gasteiger partial charge on any atom is -0.469 e. The molecule has 0 aliphatic rings. The Bertz CT molecular complexity index is 875. The zero-order chi connectivity index (χ0) is 19.1. The van der Waals surface area contributed by atoms with Crippen LogP contribution < -0.4 is 10.9 Å². The smallest absolute Gasteiger partial charge is 0.311 e. The first kappa shape index (κ1) is 19.9. The van der Waals surface area contributed by atoms with Crippen LogP contribution in [0.1, 0.15) is 27.2 Å². The van der Waals surface area contributed by atoms with Crippen LogP contribution in [-0.4, -0.2) is 40.5 Å². The van der Waals surface area contributed by atoms with Crippen LogP contribution >= 0.6 is 23.1 Å². The summed E-state index contributed by atoms with van der Waals surface area (Å²) < 4.78 is 4.55. The number of esters is 1. The number of amides is 1. The molecule has 2 rings (SSSR count). The van der Waals surface area contributed by atoms with Crippen LogP contribution in [0.25, 0.3) is 0 Å². The van der Waals surface area contributed by atoms with E-state index in [1.54, 1.807) is 12.1 Å². The van der Waals surface area contributed by atoms with Gasteiger partial charge in [0.05, 0.1) is 36.4 Å². The van der Waals surface area contributed by atoms with Crippen molar-refractivity contribution in [1.29, 1.82) is 0 Å². The van der Waals surface area contributed by atoms with Gasteiger partial charge in [-0.1, -0.05) is 11.8 Å². The largest absolute Gasteiger partial charge is 0.469 e. The van der Waals surface area contributed by atoms with Crippen molar-refractivity contribution >= 4 is 40.8 Å². The van der Waals surface area contributed by atoms with Gasteiger partial charge in [0.1, 0.15) is 0 Å². The van der Waals surface area contributed by atoms with Crippen LogP contribution in [0.4, 0.5) is 0 Å². The lowest BCUT2D eigenvalue weighted by Crippen LogP contribution is -2.18. The molecule has 0 saturated carbocycles. The Hall–Kier alpha value is -2.46. The number of carbonyl (C=O) groups excluding carboxylic acids is 3. The third-order valence-corrected chi connectivity index (χ3v) is 5.11. The van der Waals surface area contributed by atoms with Crippen molar-refractivity contribution in [2.24, 2.45) is 0 Å². The van der Waals surface area contributed by atoms with Crippen LogP contribution in [0.5, 0.6) is 0 Å². The second-order valence-corrected chi connectivity index (χ2v) is 7.31. The molecule has 138 valence electrons. The first-order valence-corrected chi connectivity index (χ1v) is 9.34. The monoisotopic (exact) mass is 395 g/mol. The third kappa shape index (κ3) is 6.12. The molecule has 1 amide bonds. The third-order valence-electron chi connectivity index (χ3n) is 3.11. The maximum absolute atomic E-state index is 12.3. The van der Waals surface area contributed by atoms with Gasteiger partial charge in [0, 0.05) is 17.9 Å². The molecule has 2 aromatic rings. The highest BCUT2D eigenvalue weighted by molar-refractivity contribution is 7.99. The summed E-state index contributed by atoms with van der Waals surface area (Å²) in [6.07, 6.45) is -0.112. The lowest BCUT2D eigenvalue weighted by molar-refractivity contribution is -0.139. The van der Waals surface area contributed by atoms with Gasteiger partial charge in [-0.2, -0.15) is 0 Å². The number of rotatable bonds is 8. The quantitative estimate of drug-likeness (QED) is 0.298. The number of nitrogens with zero attached hydrogens (tertiary/aromatic N) is 1. The Kier molecular flexibility index (Phi) is 7.10. The fourth-order valence-electron chi connectivity index (χ4n) is 1.90. The number of aromatic amines is 1. The summed E-state index contributed by atoms with van der Waals surface area (Å²) in [5.74, 6) is -0.663. The van der Waals surface area contributed by atoms with Gasteiger partial charge in [-0.05, 0) is 12.1 Å². The summed E-state index contributed by atoms with van der Waals surface area (Å²) in [6.45, 7) is 1.81. The SMILES string of the molecule is COC(=O)Cc1cc(=O)[nH]c(SCC(=O)c2ccc(CNC(C)=O)s2)n1. The minimum atomic E-state index is -0.500. The van der Waals surface area contributed by atoms with E-state index in [1.807, 2.05) is 0 Å². The van der Waals surface area contributed by atoms with Crippen LogP contribution in [0.3, 0.4) is 0 Å². The highest BCUT2D eigenvalue weighted by Gasteiger charge is 2.13. The Morgan fingerprint density at radius 2 is 2.12 bits per heavy atom. The second kappa shape index (κ2) is 9.30. The van der Waals surface area contributed by atoms with Gasteiger partial charge in [-0.25, -0.2) is 4.98 Å². The topological polar surface area (TPSA) is 118 Å². The van der Waals surface area contributed by atoms with Gasteiger partial charge in [0.25, 0.3) is 5.56 Å². The van der Waals surface area contributed by atoms with E-state index in [4.69, 9.17) is 0 Å². The average Bonchev–Trinajstić information content (AvgIpc) is 3.06. The maximum atomic E-state index is 12.3. The molecule has 0 unspecified atom stereocenters. The molecule has 0 radical (unpaired) electrons. The summed E-state index contributed by atoms with van der Waals surface area (Å²) in [6, 6.07) is 4.71. The number of nitrogens with one attached hydrogen (secondary N) is 2. The normalized spacial score (nSPS) is 10.4. The van der Waals surface area contributed by atoms with E-state index in [0.29, 0.717) is 11.4 Å². The fourth-order valence-corrected chi connectivity index (χ4v) is 3.66. The van der Waals surface area contributed by atoms with Crippen LogP contribution in [0, 0.1) is 0 Å². The standard InChI is InChI=1S/C16H17N3O5S2/c1-9(20)17-7-11-3-4-13(26-11)12(21)8-25-16-18-10(5-14(22)19-16)6-15(23)24-2/h3-5H,6-8H2,1-2H3,(H,17,20)(H,18,19,22). The van der Waals surface area contributed by atoms with Crippen molar-refractivity contribution in [3.05, 3.63) is 44.0 Å². The Labute approximate surface area is 157 Å². The molecule has 0 aliphatic heterocycles. The van der Waals surface area contributed by atoms with Crippen molar-refractivity contribution in [2.75, 3.05) is 12.9 Å². The van der Waals surface area contributed by atoms with E-state index in [-0.39, 0.29) is 34.7 Å². The van der Waals surface area contributed by atoms with Gasteiger partial charge in [-0.3, -0.25) is 19.2 Å². The van der Waals surface area contributed by atoms with Gasteiger partial charge in [-0.15, -0.1) is 11.3 Å². The zero-order valence-electron chi connectivity index (χ0n) is 14.2. The van der Waals surface area contributed by atoms with E-state index < -0.39 is 11.5 Å². The molecule has 0 atom stereocenters. The molecule has 2 aromatic heterocycles. The molecule has 26 heavy (non-hydrogen) atoms. The van der Waals surface area contributed by atoms with E-state index in [0.717, 1.165) is 16.6 Å². The summed E-state index contributed by atoms with van der Waals surface area (Å²) in [5.41, 5.74) is -0.119. The van der Waals surface area contributed by atoms with Crippen molar-refractivity contribution in [1.82, 2.24) is 15.3 Å². The van der Waals surface area contributed by atoms with E-state index >= 15 is 0 Å². The van der Waals surface area contributed by atoms with Crippen LogP contribution in [0.2, 0.25) is 0 Å². The first-order chi connectivity index (χ1) is 12.4. The van der Waals surface area contributed by atoms with E-state index in [1.165, 1.54) is 31.4 Å². The van der Waals surface area contributed by atoms with E-state index in [9.17, 15) is 19.2 Å². The summed E-state index contributed by atoms with van der Waals surface area (Å²) >= 11 is 2.39. The number of H-pyrrole nitrogens is 1. The van der Waals surface area contributed by atoms with Crippen molar-refractivity contribution < 1.29 is 19.1 Å². The predicted molar refractivity (Wildman–Crippen MR) is 97.5 cm³/mol. The van der Waals surface area contributed by atoms with Crippen LogP contribution in [-0.2, 0) is 27.3 Å². The van der Waals surface area contributed by atoms with Crippen LogP contribution in [0.15, 0.2) is 28.2 Å². The number of thioether (sulfide) groups is 1. The molecular formula is C16H17N3O5S2. The number of ketones is 1. The second-order valence-electron chi connectivity index (χ2n) is 5.18. The van der Waals surface area contributed by atoms with Crippen molar-refractivity contribution in [3.63, 3.8) is 0 Å². The van der Waals surface area contributed by atoms with Crippen molar-refractivity contribution in [2.45, 2.75) is 25.0 Å². The highest BCUT2D eigenvalue weighted by atomic mass is 32.2. The zero-order valence-corrected chi connectivity index (χ0v) is 15.8. The number of methoxy groups -OCH3 is 1. The number of hydrogen-bond acceptors (Lipinski definition) is 8. The Morgan fingerprint density at radius 1 is 1.35 bits per heavy atom. The molecule has 0 aliphatic carbocycles. The van der Waals surface area contributed by atoms with Crippen molar-refractivity contribution in [3.8, 4) is 0 Å². The van der Waals surface area contributed by atoms with Gasteiger partial charge >= 0.3 is 5.97 Å². The number of hydrogen-bond donors (Lipinski definition) is 2. The molecule has 0 fully saturated rings. The molecule has 0 bridgehead atoms. The minimum absolute atomic E-state index is 0.0880. The maximum Gasteiger partial charge on any atom is 0.311 e. The number of carbonyl (C=O) groups is 3. The predicted octanol–water partition coefficient (Wildman–Crippen LogP) is 1.16. The Balaban J connectivity index is 1.97. The van der Waals surface area contributed by atoms with E-state index in [2.05, 4.69) is 20.0 Å². The lowest BCUT2D eigenvalue weighted by Gasteiger charge is -2.03. The molecule has 2 N–H and O–H groups in total. The molecule has 0 saturated heterocycles. The molecule has 8 nitrogen and oxygen atoms in total. The molecule has 10 heteroatoms. The van der Waals surface area contributed by atoms with Gasteiger partial charge in [0.2, 0.25) is 5.91 Å². The van der Waals surface area contributed by atoms with Gasteiger partial charge in [0.15, 0.2) is 10.9 Å². The summed E-state index contributed by atoms with van der Waals surface area (Å²) in [7, 11) is 1.26. The van der Waals surface area contributed by atoms with Gasteiger partial charge < -0.3 is 15.0 Å². The number of aromatic nitrogens is 2. The molecular weight excluding hydrogens is 378 g/mol. The number of Topliss-reactive ketones (excluding diaryl/α,β-unsaturated/α-hetero) is 1. The Morgan fingerprint density at radius 3 is 2.81 bits per heavy atom. The average molecular weight is 395 g/mol. The number of thiophene rings is 1. The molecule has 0 aromatic carbocycles. The highest BCUT2D eigenvalue weighted by Crippen LogP contribution is 2.20. The first-order valence-electron chi connectivity index (χ1n) is 7.53. The fraction of sp³-hybridized carbons (Fsp3) is 0.312.